The fourth-order valence-corrected chi connectivity index (χ4v) is 3.22. The molecule has 156 valence electrons. The Hall–Kier alpha value is -2.87. The summed E-state index contributed by atoms with van der Waals surface area (Å²) < 4.78 is 24.9. The summed E-state index contributed by atoms with van der Waals surface area (Å²) in [6.45, 7) is 7.39. The van der Waals surface area contributed by atoms with Gasteiger partial charge in [0.25, 0.3) is 11.8 Å². The fourth-order valence-electron chi connectivity index (χ4n) is 2.66. The second-order valence-corrected chi connectivity index (χ2v) is 9.95. The van der Waals surface area contributed by atoms with Crippen LogP contribution in [0.2, 0.25) is 0 Å². The molecule has 0 radical (unpaired) electrons. The number of rotatable bonds is 5. The number of aryl methyl sites for hydroxylation is 1. The third-order valence-corrected chi connectivity index (χ3v) is 5.41. The maximum absolute atomic E-state index is 12.8. The highest BCUT2D eigenvalue weighted by Crippen LogP contribution is 2.24. The summed E-state index contributed by atoms with van der Waals surface area (Å²) in [6.07, 6.45) is 1.10. The quantitative estimate of drug-likeness (QED) is 0.781. The lowest BCUT2D eigenvalue weighted by Crippen LogP contribution is -2.40. The number of benzene rings is 2. The third kappa shape index (κ3) is 5.80. The predicted molar refractivity (Wildman–Crippen MR) is 116 cm³/mol. The van der Waals surface area contributed by atoms with Crippen molar-refractivity contribution in [1.82, 2.24) is 5.32 Å². The molecule has 0 bridgehead atoms. The van der Waals surface area contributed by atoms with Gasteiger partial charge in [-0.25, -0.2) is 8.42 Å². The van der Waals surface area contributed by atoms with E-state index >= 15 is 0 Å². The molecule has 0 spiro atoms. The molecule has 0 atom stereocenters. The lowest BCUT2D eigenvalue weighted by Gasteiger charge is -2.22. The Morgan fingerprint density at radius 2 is 1.62 bits per heavy atom. The second kappa shape index (κ2) is 8.24. The first-order valence-corrected chi connectivity index (χ1v) is 10.9. The van der Waals surface area contributed by atoms with E-state index in [1.165, 1.54) is 13.1 Å². The van der Waals surface area contributed by atoms with Crippen molar-refractivity contribution in [2.75, 3.05) is 22.9 Å². The maximum Gasteiger partial charge on any atom is 0.255 e. The summed E-state index contributed by atoms with van der Waals surface area (Å²) in [5, 5.41) is 5.62. The number of anilines is 2. The van der Waals surface area contributed by atoms with Gasteiger partial charge in [-0.1, -0.05) is 18.2 Å². The number of carbonyl (C=O) groups excluding carboxylic acids is 2. The van der Waals surface area contributed by atoms with Crippen molar-refractivity contribution < 1.29 is 18.0 Å². The SMILES string of the molecule is Cc1ccc(C(=O)Nc2ccccc2C(=O)NC(C)(C)C)cc1N(C)S(C)(=O)=O. The zero-order valence-electron chi connectivity index (χ0n) is 17.5. The van der Waals surface area contributed by atoms with E-state index in [1.807, 2.05) is 20.8 Å². The highest BCUT2D eigenvalue weighted by molar-refractivity contribution is 7.92. The van der Waals surface area contributed by atoms with Crippen LogP contribution in [0.3, 0.4) is 0 Å². The van der Waals surface area contributed by atoms with Gasteiger partial charge < -0.3 is 10.6 Å². The molecule has 0 unspecified atom stereocenters. The topological polar surface area (TPSA) is 95.6 Å². The molecule has 2 aromatic carbocycles. The molecule has 0 aliphatic heterocycles. The first-order chi connectivity index (χ1) is 13.3. The van der Waals surface area contributed by atoms with Crippen molar-refractivity contribution in [2.45, 2.75) is 33.2 Å². The van der Waals surface area contributed by atoms with E-state index < -0.39 is 21.5 Å². The molecule has 2 aromatic rings. The van der Waals surface area contributed by atoms with Gasteiger partial charge in [-0.15, -0.1) is 0 Å². The molecule has 8 heteroatoms. The van der Waals surface area contributed by atoms with E-state index in [0.29, 0.717) is 16.9 Å². The zero-order chi connectivity index (χ0) is 22.0. The molecule has 2 amide bonds. The number of nitrogens with one attached hydrogen (secondary N) is 2. The highest BCUT2D eigenvalue weighted by atomic mass is 32.2. The van der Waals surface area contributed by atoms with Crippen LogP contribution in [0.25, 0.3) is 0 Å². The van der Waals surface area contributed by atoms with E-state index in [1.54, 1.807) is 43.3 Å². The number of hydrogen-bond acceptors (Lipinski definition) is 4. The summed E-state index contributed by atoms with van der Waals surface area (Å²) in [6, 6.07) is 11.5. The molecule has 0 aromatic heterocycles. The molecule has 0 saturated carbocycles. The summed E-state index contributed by atoms with van der Waals surface area (Å²) in [5.41, 5.74) is 1.72. The summed E-state index contributed by atoms with van der Waals surface area (Å²) in [4.78, 5) is 25.4. The molecule has 29 heavy (non-hydrogen) atoms. The number of sulfonamides is 1. The minimum absolute atomic E-state index is 0.284. The Labute approximate surface area is 172 Å². The Morgan fingerprint density at radius 1 is 1.00 bits per heavy atom. The van der Waals surface area contributed by atoms with E-state index in [4.69, 9.17) is 0 Å². The molecular formula is C21H27N3O4S. The molecule has 7 nitrogen and oxygen atoms in total. The first-order valence-electron chi connectivity index (χ1n) is 9.07. The molecule has 2 rings (SSSR count). The molecule has 0 heterocycles. The average molecular weight is 418 g/mol. The van der Waals surface area contributed by atoms with Crippen LogP contribution < -0.4 is 14.9 Å². The van der Waals surface area contributed by atoms with Gasteiger partial charge in [0.2, 0.25) is 10.0 Å². The number of carbonyl (C=O) groups is 2. The standard InChI is InChI=1S/C21H27N3O4S/c1-14-11-12-15(13-18(14)24(5)29(6,27)28)19(25)22-17-10-8-7-9-16(17)20(26)23-21(2,3)4/h7-13H,1-6H3,(H,22,25)(H,23,26). The van der Waals surface area contributed by atoms with Crippen molar-refractivity contribution in [2.24, 2.45) is 0 Å². The fraction of sp³-hybridized carbons (Fsp3) is 0.333. The molecule has 0 aliphatic carbocycles. The Kier molecular flexibility index (Phi) is 6.37. The van der Waals surface area contributed by atoms with Crippen LogP contribution in [-0.4, -0.2) is 39.1 Å². The number of amides is 2. The summed E-state index contributed by atoms with van der Waals surface area (Å²) in [7, 11) is -2.03. The van der Waals surface area contributed by atoms with Crippen molar-refractivity contribution in [1.29, 1.82) is 0 Å². The van der Waals surface area contributed by atoms with Gasteiger partial charge in [0.15, 0.2) is 0 Å². The molecule has 0 aliphatic rings. The predicted octanol–water partition coefficient (Wildman–Crippen LogP) is 3.17. The maximum atomic E-state index is 12.8. The molecule has 0 fully saturated rings. The van der Waals surface area contributed by atoms with E-state index in [0.717, 1.165) is 16.1 Å². The van der Waals surface area contributed by atoms with Crippen molar-refractivity contribution >= 4 is 33.2 Å². The van der Waals surface area contributed by atoms with Gasteiger partial charge in [-0.2, -0.15) is 0 Å². The van der Waals surface area contributed by atoms with E-state index in [2.05, 4.69) is 10.6 Å². The van der Waals surface area contributed by atoms with Crippen LogP contribution in [0.5, 0.6) is 0 Å². The van der Waals surface area contributed by atoms with Crippen molar-refractivity contribution in [3.8, 4) is 0 Å². The number of hydrogen-bond donors (Lipinski definition) is 2. The van der Waals surface area contributed by atoms with Crippen LogP contribution >= 0.6 is 0 Å². The lowest BCUT2D eigenvalue weighted by atomic mass is 10.1. The molecular weight excluding hydrogens is 390 g/mol. The minimum Gasteiger partial charge on any atom is -0.347 e. The van der Waals surface area contributed by atoms with Gasteiger partial charge >= 0.3 is 0 Å². The summed E-state index contributed by atoms with van der Waals surface area (Å²) in [5.74, 6) is -0.737. The minimum atomic E-state index is -3.47. The summed E-state index contributed by atoms with van der Waals surface area (Å²) >= 11 is 0. The van der Waals surface area contributed by atoms with Crippen LogP contribution in [-0.2, 0) is 10.0 Å². The van der Waals surface area contributed by atoms with Crippen LogP contribution in [0, 0.1) is 6.92 Å². The number of nitrogens with zero attached hydrogens (tertiary/aromatic N) is 1. The van der Waals surface area contributed by atoms with E-state index in [-0.39, 0.29) is 11.5 Å². The number of para-hydroxylation sites is 1. The van der Waals surface area contributed by atoms with E-state index in [9.17, 15) is 18.0 Å². The van der Waals surface area contributed by atoms with Gasteiger partial charge in [0.05, 0.1) is 23.2 Å². The normalized spacial score (nSPS) is 11.7. The van der Waals surface area contributed by atoms with Gasteiger partial charge in [-0.3, -0.25) is 13.9 Å². The molecule has 2 N–H and O–H groups in total. The van der Waals surface area contributed by atoms with Crippen molar-refractivity contribution in [3.05, 3.63) is 59.2 Å². The Balaban J connectivity index is 2.34. The van der Waals surface area contributed by atoms with Gasteiger partial charge in [0, 0.05) is 18.2 Å². The lowest BCUT2D eigenvalue weighted by molar-refractivity contribution is 0.0920. The van der Waals surface area contributed by atoms with Crippen LogP contribution in [0.15, 0.2) is 42.5 Å². The Morgan fingerprint density at radius 3 is 2.21 bits per heavy atom. The van der Waals surface area contributed by atoms with Crippen LogP contribution in [0.1, 0.15) is 47.1 Å². The third-order valence-electron chi connectivity index (χ3n) is 4.22. The largest absolute Gasteiger partial charge is 0.347 e. The molecule has 0 saturated heterocycles. The Bertz CT molecular complexity index is 1040. The van der Waals surface area contributed by atoms with Gasteiger partial charge in [-0.05, 0) is 57.5 Å². The van der Waals surface area contributed by atoms with Crippen molar-refractivity contribution in [3.63, 3.8) is 0 Å². The smallest absolute Gasteiger partial charge is 0.255 e. The first kappa shape index (κ1) is 22.4. The second-order valence-electron chi connectivity index (χ2n) is 7.94. The average Bonchev–Trinajstić information content (AvgIpc) is 2.59. The van der Waals surface area contributed by atoms with Crippen LogP contribution in [0.4, 0.5) is 11.4 Å². The monoisotopic (exact) mass is 417 g/mol. The highest BCUT2D eigenvalue weighted by Gasteiger charge is 2.20. The van der Waals surface area contributed by atoms with Gasteiger partial charge in [0.1, 0.15) is 0 Å². The zero-order valence-corrected chi connectivity index (χ0v) is 18.3.